The van der Waals surface area contributed by atoms with Crippen molar-refractivity contribution in [2.24, 2.45) is 5.73 Å². The summed E-state index contributed by atoms with van der Waals surface area (Å²) in [4.78, 5) is 28.6. The lowest BCUT2D eigenvalue weighted by atomic mass is 9.99. The number of fused-ring (bicyclic) bond motifs is 1. The molecular weight excluding hydrogens is 520 g/mol. The number of rotatable bonds is 6. The van der Waals surface area contributed by atoms with E-state index in [0.29, 0.717) is 16.7 Å². The molecule has 0 amide bonds. The molecule has 0 saturated heterocycles. The molecule has 0 saturated carbocycles. The monoisotopic (exact) mass is 554 g/mol. The van der Waals surface area contributed by atoms with E-state index >= 15 is 0 Å². The third-order valence-electron chi connectivity index (χ3n) is 7.15. The fourth-order valence-electron chi connectivity index (χ4n) is 4.96. The zero-order valence-electron chi connectivity index (χ0n) is 24.0. The van der Waals surface area contributed by atoms with Crippen LogP contribution in [0.2, 0.25) is 0 Å². The van der Waals surface area contributed by atoms with Gasteiger partial charge in [-0.2, -0.15) is 0 Å². The highest BCUT2D eigenvalue weighted by Crippen LogP contribution is 2.27. The molecule has 3 heterocycles. The lowest BCUT2D eigenvalue weighted by Gasteiger charge is -2.23. The number of pyridine rings is 2. The molecule has 0 radical (unpaired) electrons. The second kappa shape index (κ2) is 13.0. The maximum atomic E-state index is 13.6. The van der Waals surface area contributed by atoms with Crippen LogP contribution in [0.15, 0.2) is 133 Å². The third-order valence-corrected chi connectivity index (χ3v) is 7.15. The van der Waals surface area contributed by atoms with Crippen LogP contribution in [0.4, 0.5) is 5.69 Å². The first-order valence-electron chi connectivity index (χ1n) is 13.8. The van der Waals surface area contributed by atoms with Crippen molar-refractivity contribution in [2.75, 3.05) is 19.0 Å². The van der Waals surface area contributed by atoms with Crippen molar-refractivity contribution < 1.29 is 0 Å². The minimum absolute atomic E-state index is 0.0519. The van der Waals surface area contributed by atoms with Crippen LogP contribution in [0.5, 0.6) is 0 Å². The molecule has 0 aliphatic rings. The Morgan fingerprint density at radius 1 is 0.714 bits per heavy atom. The summed E-state index contributed by atoms with van der Waals surface area (Å²) in [6.07, 6.45) is 7.10. The largest absolute Gasteiger partial charge is 0.378 e. The summed E-state index contributed by atoms with van der Waals surface area (Å²) in [5.41, 5.74) is 11.8. The third kappa shape index (κ3) is 6.27. The Bertz CT molecular complexity index is 1710. The Labute approximate surface area is 246 Å². The molecule has 7 nitrogen and oxygen atoms in total. The van der Waals surface area contributed by atoms with Crippen molar-refractivity contribution in [3.05, 3.63) is 166 Å². The van der Waals surface area contributed by atoms with Crippen LogP contribution < -0.4 is 16.2 Å². The molecule has 3 aromatic heterocycles. The van der Waals surface area contributed by atoms with Gasteiger partial charge in [-0.1, -0.05) is 72.8 Å². The smallest absolute Gasteiger partial charge is 0.262 e. The number of anilines is 1. The highest BCUT2D eigenvalue weighted by atomic mass is 16.1. The van der Waals surface area contributed by atoms with Gasteiger partial charge in [0.2, 0.25) is 0 Å². The predicted octanol–water partition coefficient (Wildman–Crippen LogP) is 5.93. The average molecular weight is 555 g/mol. The van der Waals surface area contributed by atoms with E-state index in [-0.39, 0.29) is 17.6 Å². The zero-order chi connectivity index (χ0) is 29.5. The van der Waals surface area contributed by atoms with Gasteiger partial charge in [0.1, 0.15) is 5.82 Å². The maximum Gasteiger partial charge on any atom is 0.262 e. The SMILES string of the molecule is Cc1nc2ccc(N(C)C)cc2c(=O)n1C(c1ccccc1)c1cccnc1.NC(c1ccccc1)c1cccnc1. The molecule has 0 bridgehead atoms. The normalized spacial score (nSPS) is 12.2. The van der Waals surface area contributed by atoms with E-state index in [2.05, 4.69) is 9.97 Å². The molecule has 0 aliphatic heterocycles. The summed E-state index contributed by atoms with van der Waals surface area (Å²) in [6.45, 7) is 1.88. The van der Waals surface area contributed by atoms with Crippen molar-refractivity contribution in [2.45, 2.75) is 19.0 Å². The van der Waals surface area contributed by atoms with Crippen LogP contribution in [0.25, 0.3) is 10.9 Å². The molecule has 42 heavy (non-hydrogen) atoms. The standard InChI is InChI=1S/C23H22N4O.C12H12N2/c1-16-25-21-12-11-19(26(2)3)14-20(21)23(28)27(16)22(17-8-5-4-6-9-17)18-10-7-13-24-15-18;13-12(10-5-2-1-3-6-10)11-7-4-8-14-9-11/h4-15,22H,1-3H3;1-9,12H,13H2. The first-order valence-corrected chi connectivity index (χ1v) is 13.8. The second-order valence-electron chi connectivity index (χ2n) is 10.2. The minimum Gasteiger partial charge on any atom is -0.378 e. The van der Waals surface area contributed by atoms with E-state index in [4.69, 9.17) is 10.7 Å². The van der Waals surface area contributed by atoms with Crippen molar-refractivity contribution >= 4 is 16.6 Å². The summed E-state index contributed by atoms with van der Waals surface area (Å²) in [7, 11) is 3.92. The van der Waals surface area contributed by atoms with Gasteiger partial charge in [-0.05, 0) is 59.5 Å². The Kier molecular flexibility index (Phi) is 8.80. The van der Waals surface area contributed by atoms with Gasteiger partial charge in [0.05, 0.1) is 23.0 Å². The fraction of sp³-hybridized carbons (Fsp3) is 0.143. The zero-order valence-corrected chi connectivity index (χ0v) is 24.0. The number of nitrogens with two attached hydrogens (primary N) is 1. The van der Waals surface area contributed by atoms with Crippen LogP contribution in [-0.2, 0) is 0 Å². The molecular formula is C35H34N6O. The molecule has 3 aromatic carbocycles. The summed E-state index contributed by atoms with van der Waals surface area (Å²) in [6, 6.07) is 33.2. The van der Waals surface area contributed by atoms with Gasteiger partial charge in [0.25, 0.3) is 5.56 Å². The molecule has 0 aliphatic carbocycles. The molecule has 2 unspecified atom stereocenters. The summed E-state index contributed by atoms with van der Waals surface area (Å²) in [5.74, 6) is 0.674. The molecule has 6 rings (SSSR count). The van der Waals surface area contributed by atoms with Crippen LogP contribution in [0.1, 0.15) is 40.2 Å². The highest BCUT2D eigenvalue weighted by Gasteiger charge is 2.21. The number of hydrogen-bond donors (Lipinski definition) is 1. The van der Waals surface area contributed by atoms with Gasteiger partial charge in [-0.25, -0.2) is 4.98 Å². The number of nitrogens with zero attached hydrogens (tertiary/aromatic N) is 5. The second-order valence-corrected chi connectivity index (χ2v) is 10.2. The molecule has 0 spiro atoms. The van der Waals surface area contributed by atoms with Crippen molar-refractivity contribution in [1.82, 2.24) is 19.5 Å². The number of aromatic nitrogens is 4. The maximum absolute atomic E-state index is 13.6. The molecule has 210 valence electrons. The Hall–Kier alpha value is -5.14. The van der Waals surface area contributed by atoms with Gasteiger partial charge in [0.15, 0.2) is 0 Å². The first kappa shape index (κ1) is 28.4. The van der Waals surface area contributed by atoms with Crippen LogP contribution in [0.3, 0.4) is 0 Å². The van der Waals surface area contributed by atoms with Crippen molar-refractivity contribution in [3.63, 3.8) is 0 Å². The molecule has 7 heteroatoms. The van der Waals surface area contributed by atoms with Gasteiger partial charge in [0, 0.05) is 44.6 Å². The van der Waals surface area contributed by atoms with Gasteiger partial charge in [-0.3, -0.25) is 19.3 Å². The summed E-state index contributed by atoms with van der Waals surface area (Å²) < 4.78 is 1.77. The lowest BCUT2D eigenvalue weighted by Crippen LogP contribution is -2.29. The number of hydrogen-bond acceptors (Lipinski definition) is 6. The Balaban J connectivity index is 0.000000211. The van der Waals surface area contributed by atoms with E-state index in [1.807, 2.05) is 135 Å². The van der Waals surface area contributed by atoms with Crippen LogP contribution in [0, 0.1) is 6.92 Å². The Morgan fingerprint density at radius 2 is 1.29 bits per heavy atom. The molecule has 6 aromatic rings. The Morgan fingerprint density at radius 3 is 1.86 bits per heavy atom. The lowest BCUT2D eigenvalue weighted by molar-refractivity contribution is 0.618. The predicted molar refractivity (Wildman–Crippen MR) is 170 cm³/mol. The van der Waals surface area contributed by atoms with Crippen molar-refractivity contribution in [1.29, 1.82) is 0 Å². The average Bonchev–Trinajstić information content (AvgIpc) is 3.04. The first-order chi connectivity index (χ1) is 20.4. The highest BCUT2D eigenvalue weighted by molar-refractivity contribution is 5.82. The molecule has 2 N–H and O–H groups in total. The van der Waals surface area contributed by atoms with Gasteiger partial charge >= 0.3 is 0 Å². The van der Waals surface area contributed by atoms with Crippen LogP contribution >= 0.6 is 0 Å². The topological polar surface area (TPSA) is 89.9 Å². The van der Waals surface area contributed by atoms with Gasteiger partial charge < -0.3 is 10.6 Å². The number of benzene rings is 3. The summed E-state index contributed by atoms with van der Waals surface area (Å²) in [5, 5.41) is 0.613. The van der Waals surface area contributed by atoms with Crippen molar-refractivity contribution in [3.8, 4) is 0 Å². The van der Waals surface area contributed by atoms with Gasteiger partial charge in [-0.15, -0.1) is 0 Å². The van der Waals surface area contributed by atoms with E-state index in [1.165, 1.54) is 0 Å². The molecule has 0 fully saturated rings. The van der Waals surface area contributed by atoms with E-state index in [9.17, 15) is 4.79 Å². The van der Waals surface area contributed by atoms with E-state index < -0.39 is 0 Å². The molecule has 2 atom stereocenters. The summed E-state index contributed by atoms with van der Waals surface area (Å²) >= 11 is 0. The van der Waals surface area contributed by atoms with E-state index in [1.54, 1.807) is 23.2 Å². The quantitative estimate of drug-likeness (QED) is 0.274. The van der Waals surface area contributed by atoms with E-state index in [0.717, 1.165) is 27.9 Å². The van der Waals surface area contributed by atoms with Crippen LogP contribution in [-0.4, -0.2) is 33.6 Å². The fourth-order valence-corrected chi connectivity index (χ4v) is 4.96. The number of aryl methyl sites for hydroxylation is 1. The minimum atomic E-state index is -0.290.